The molecule has 2 heterocycles. The minimum atomic E-state index is -0.193. The monoisotopic (exact) mass is 307 g/mol. The van der Waals surface area contributed by atoms with Gasteiger partial charge in [-0.1, -0.05) is 11.6 Å². The van der Waals surface area contributed by atoms with E-state index in [-0.39, 0.29) is 5.60 Å². The molecule has 0 amide bonds. The summed E-state index contributed by atoms with van der Waals surface area (Å²) in [4.78, 5) is 8.58. The quantitative estimate of drug-likeness (QED) is 0.941. The van der Waals surface area contributed by atoms with Gasteiger partial charge in [0.15, 0.2) is 0 Å². The first-order valence-corrected chi connectivity index (χ1v) is 7.37. The second kappa shape index (κ2) is 6.13. The van der Waals surface area contributed by atoms with E-state index in [0.717, 1.165) is 42.8 Å². The van der Waals surface area contributed by atoms with Gasteiger partial charge in [-0.25, -0.2) is 9.97 Å². The lowest BCUT2D eigenvalue weighted by Gasteiger charge is -2.36. The van der Waals surface area contributed by atoms with Gasteiger partial charge < -0.3 is 14.8 Å². The summed E-state index contributed by atoms with van der Waals surface area (Å²) in [6.07, 6.45) is 3.31. The van der Waals surface area contributed by atoms with Crippen LogP contribution in [0.25, 0.3) is 10.9 Å². The first kappa shape index (κ1) is 14.5. The Kier molecular flexibility index (Phi) is 4.24. The molecule has 6 heteroatoms. The zero-order valence-corrected chi connectivity index (χ0v) is 12.7. The number of hydrogen-bond donors (Lipinski definition) is 1. The van der Waals surface area contributed by atoms with Crippen LogP contribution in [0.3, 0.4) is 0 Å². The highest BCUT2D eigenvalue weighted by molar-refractivity contribution is 6.31. The molecule has 0 bridgehead atoms. The molecule has 0 atom stereocenters. The third kappa shape index (κ3) is 3.10. The minimum Gasteiger partial charge on any atom is -0.381 e. The number of nitrogens with one attached hydrogen (secondary N) is 1. The fraction of sp³-hybridized carbons (Fsp3) is 0.467. The Morgan fingerprint density at radius 1 is 1.33 bits per heavy atom. The Morgan fingerprint density at radius 3 is 2.90 bits per heavy atom. The second-order valence-electron chi connectivity index (χ2n) is 5.24. The highest BCUT2D eigenvalue weighted by Gasteiger charge is 2.32. The summed E-state index contributed by atoms with van der Waals surface area (Å²) in [6, 6.07) is 5.62. The van der Waals surface area contributed by atoms with Gasteiger partial charge in [0.05, 0.1) is 11.1 Å². The summed E-state index contributed by atoms with van der Waals surface area (Å²) in [5.41, 5.74) is 0.639. The number of rotatable bonds is 4. The van der Waals surface area contributed by atoms with Crippen LogP contribution in [0.4, 0.5) is 5.82 Å². The highest BCUT2D eigenvalue weighted by Crippen LogP contribution is 2.27. The summed E-state index contributed by atoms with van der Waals surface area (Å²) in [5.74, 6) is 0.805. The Morgan fingerprint density at radius 2 is 2.14 bits per heavy atom. The van der Waals surface area contributed by atoms with Crippen molar-refractivity contribution in [3.63, 3.8) is 0 Å². The van der Waals surface area contributed by atoms with Gasteiger partial charge in [0.25, 0.3) is 0 Å². The highest BCUT2D eigenvalue weighted by atomic mass is 35.5. The number of anilines is 1. The van der Waals surface area contributed by atoms with Gasteiger partial charge in [-0.05, 0) is 18.2 Å². The number of aromatic nitrogens is 2. The van der Waals surface area contributed by atoms with Crippen LogP contribution in [0.1, 0.15) is 12.8 Å². The summed E-state index contributed by atoms with van der Waals surface area (Å²) in [6.45, 7) is 2.16. The molecule has 0 aliphatic carbocycles. The molecule has 1 aromatic carbocycles. The summed E-state index contributed by atoms with van der Waals surface area (Å²) in [5, 5.41) is 5.02. The molecule has 3 rings (SSSR count). The summed E-state index contributed by atoms with van der Waals surface area (Å²) < 4.78 is 11.1. The van der Waals surface area contributed by atoms with Crippen molar-refractivity contribution >= 4 is 28.3 Å². The predicted octanol–water partition coefficient (Wildman–Crippen LogP) is 2.89. The number of fused-ring (bicyclic) bond motifs is 1. The van der Waals surface area contributed by atoms with Crippen LogP contribution in [0.5, 0.6) is 0 Å². The number of halogens is 1. The number of methoxy groups -OCH3 is 1. The van der Waals surface area contributed by atoms with Gasteiger partial charge in [0.1, 0.15) is 12.1 Å². The van der Waals surface area contributed by atoms with E-state index in [1.54, 1.807) is 13.4 Å². The standard InChI is InChI=1S/C15H18ClN3O2/c1-20-15(4-6-21-7-5-15)9-17-14-12-3-2-11(16)8-13(12)18-10-19-14/h2-3,8,10H,4-7,9H2,1H3,(H,17,18,19). The molecule has 0 spiro atoms. The molecule has 0 radical (unpaired) electrons. The van der Waals surface area contributed by atoms with Crippen LogP contribution < -0.4 is 5.32 Å². The van der Waals surface area contributed by atoms with E-state index in [0.29, 0.717) is 11.6 Å². The van der Waals surface area contributed by atoms with Crippen molar-refractivity contribution in [1.82, 2.24) is 9.97 Å². The molecular formula is C15H18ClN3O2. The smallest absolute Gasteiger partial charge is 0.137 e. The van der Waals surface area contributed by atoms with E-state index in [9.17, 15) is 0 Å². The molecule has 1 aliphatic rings. The van der Waals surface area contributed by atoms with Crippen LogP contribution in [-0.4, -0.2) is 42.4 Å². The topological polar surface area (TPSA) is 56.3 Å². The van der Waals surface area contributed by atoms with Crippen molar-refractivity contribution in [3.8, 4) is 0 Å². The fourth-order valence-electron chi connectivity index (χ4n) is 2.61. The fourth-order valence-corrected chi connectivity index (χ4v) is 2.78. The molecular weight excluding hydrogens is 290 g/mol. The van der Waals surface area contributed by atoms with Crippen LogP contribution >= 0.6 is 11.6 Å². The van der Waals surface area contributed by atoms with Crippen LogP contribution in [-0.2, 0) is 9.47 Å². The van der Waals surface area contributed by atoms with Crippen molar-refractivity contribution in [3.05, 3.63) is 29.5 Å². The summed E-state index contributed by atoms with van der Waals surface area (Å²) >= 11 is 6.00. The maximum absolute atomic E-state index is 6.00. The van der Waals surface area contributed by atoms with Gasteiger partial charge in [-0.3, -0.25) is 0 Å². The van der Waals surface area contributed by atoms with E-state index in [4.69, 9.17) is 21.1 Å². The van der Waals surface area contributed by atoms with E-state index >= 15 is 0 Å². The van der Waals surface area contributed by atoms with Gasteiger partial charge in [-0.15, -0.1) is 0 Å². The zero-order chi connectivity index (χ0) is 14.7. The van der Waals surface area contributed by atoms with E-state index in [1.165, 1.54) is 0 Å². The number of hydrogen-bond acceptors (Lipinski definition) is 5. The molecule has 1 saturated heterocycles. The first-order valence-electron chi connectivity index (χ1n) is 6.99. The third-order valence-corrected chi connectivity index (χ3v) is 4.25. The zero-order valence-electron chi connectivity index (χ0n) is 11.9. The molecule has 0 unspecified atom stereocenters. The largest absolute Gasteiger partial charge is 0.381 e. The van der Waals surface area contributed by atoms with Crippen molar-refractivity contribution in [2.45, 2.75) is 18.4 Å². The third-order valence-electron chi connectivity index (χ3n) is 4.01. The lowest BCUT2D eigenvalue weighted by atomic mass is 9.94. The molecule has 1 aromatic heterocycles. The molecule has 0 saturated carbocycles. The van der Waals surface area contributed by atoms with E-state index in [1.807, 2.05) is 18.2 Å². The van der Waals surface area contributed by atoms with Gasteiger partial charge in [-0.2, -0.15) is 0 Å². The molecule has 5 nitrogen and oxygen atoms in total. The normalized spacial score (nSPS) is 17.8. The first-order chi connectivity index (χ1) is 10.2. The van der Waals surface area contributed by atoms with Gasteiger partial charge in [0.2, 0.25) is 0 Å². The molecule has 21 heavy (non-hydrogen) atoms. The Bertz CT molecular complexity index is 629. The predicted molar refractivity (Wildman–Crippen MR) is 82.8 cm³/mol. The Labute approximate surface area is 128 Å². The van der Waals surface area contributed by atoms with Crippen molar-refractivity contribution < 1.29 is 9.47 Å². The van der Waals surface area contributed by atoms with Crippen molar-refractivity contribution in [2.75, 3.05) is 32.2 Å². The number of benzene rings is 1. The average Bonchev–Trinajstić information content (AvgIpc) is 2.53. The van der Waals surface area contributed by atoms with E-state index in [2.05, 4.69) is 15.3 Å². The lowest BCUT2D eigenvalue weighted by molar-refractivity contribution is -0.0807. The molecule has 2 aromatic rings. The van der Waals surface area contributed by atoms with Gasteiger partial charge in [0, 0.05) is 50.1 Å². The molecule has 1 N–H and O–H groups in total. The maximum atomic E-state index is 6.00. The SMILES string of the molecule is COC1(CNc2ncnc3cc(Cl)ccc23)CCOCC1. The Hall–Kier alpha value is -1.43. The summed E-state index contributed by atoms with van der Waals surface area (Å²) in [7, 11) is 1.75. The van der Waals surface area contributed by atoms with Crippen molar-refractivity contribution in [2.24, 2.45) is 0 Å². The number of nitrogens with zero attached hydrogens (tertiary/aromatic N) is 2. The molecule has 1 fully saturated rings. The second-order valence-corrected chi connectivity index (χ2v) is 5.67. The lowest BCUT2D eigenvalue weighted by Crippen LogP contribution is -2.44. The van der Waals surface area contributed by atoms with Crippen LogP contribution in [0.2, 0.25) is 5.02 Å². The maximum Gasteiger partial charge on any atom is 0.137 e. The van der Waals surface area contributed by atoms with Gasteiger partial charge >= 0.3 is 0 Å². The molecule has 112 valence electrons. The van der Waals surface area contributed by atoms with E-state index < -0.39 is 0 Å². The van der Waals surface area contributed by atoms with Crippen molar-refractivity contribution in [1.29, 1.82) is 0 Å². The minimum absolute atomic E-state index is 0.193. The van der Waals surface area contributed by atoms with Crippen LogP contribution in [0, 0.1) is 0 Å². The van der Waals surface area contributed by atoms with Crippen LogP contribution in [0.15, 0.2) is 24.5 Å². The molecule has 1 aliphatic heterocycles. The average molecular weight is 308 g/mol. The Balaban J connectivity index is 1.81. The number of ether oxygens (including phenoxy) is 2.